The molecule has 0 atom stereocenters. The molecule has 2 rings (SSSR count). The van der Waals surface area contributed by atoms with Crippen LogP contribution in [0.1, 0.15) is 17.2 Å². The Bertz CT molecular complexity index is 474. The van der Waals surface area contributed by atoms with Gasteiger partial charge in [0.05, 0.1) is 5.69 Å². The number of aryl methyl sites for hydroxylation is 2. The monoisotopic (exact) mass is 203 g/mol. The molecule has 0 aliphatic heterocycles. The number of rotatable bonds is 2. The Hall–Kier alpha value is -1.75. The van der Waals surface area contributed by atoms with Gasteiger partial charge in [0.25, 0.3) is 0 Å². The molecule has 2 heterocycles. The first-order chi connectivity index (χ1) is 7.20. The first-order valence-corrected chi connectivity index (χ1v) is 4.75. The van der Waals surface area contributed by atoms with Crippen LogP contribution in [0.5, 0.6) is 0 Å². The summed E-state index contributed by atoms with van der Waals surface area (Å²) in [6.07, 6.45) is 3.56. The van der Waals surface area contributed by atoms with Crippen molar-refractivity contribution in [2.45, 2.75) is 20.4 Å². The van der Waals surface area contributed by atoms with Crippen LogP contribution in [0, 0.1) is 13.8 Å². The molecule has 0 aliphatic rings. The second kappa shape index (κ2) is 3.78. The first-order valence-electron chi connectivity index (χ1n) is 4.75. The average Bonchev–Trinajstić information content (AvgIpc) is 2.63. The van der Waals surface area contributed by atoms with E-state index in [-0.39, 0.29) is 0 Å². The molecule has 0 aliphatic carbocycles. The summed E-state index contributed by atoms with van der Waals surface area (Å²) < 4.78 is 1.84. The van der Waals surface area contributed by atoms with Crippen LogP contribution < -0.4 is 5.73 Å². The molecule has 5 nitrogen and oxygen atoms in total. The van der Waals surface area contributed by atoms with Crippen LogP contribution in [0.15, 0.2) is 18.5 Å². The summed E-state index contributed by atoms with van der Waals surface area (Å²) in [4.78, 5) is 12.8. The summed E-state index contributed by atoms with van der Waals surface area (Å²) in [7, 11) is 0. The summed E-state index contributed by atoms with van der Waals surface area (Å²) in [6.45, 7) is 4.26. The highest BCUT2D eigenvalue weighted by Gasteiger charge is 2.05. The molecule has 0 saturated carbocycles. The summed E-state index contributed by atoms with van der Waals surface area (Å²) in [5.74, 6) is 1.49. The van der Waals surface area contributed by atoms with E-state index in [2.05, 4.69) is 15.0 Å². The Kier molecular flexibility index (Phi) is 2.47. The molecule has 0 aromatic carbocycles. The fraction of sp³-hybridized carbons (Fsp3) is 0.300. The van der Waals surface area contributed by atoms with Crippen molar-refractivity contribution >= 4 is 0 Å². The molecule has 78 valence electrons. The molecule has 5 heteroatoms. The molecule has 0 amide bonds. The number of hydrogen-bond donors (Lipinski definition) is 1. The van der Waals surface area contributed by atoms with E-state index in [1.165, 1.54) is 0 Å². The van der Waals surface area contributed by atoms with Gasteiger partial charge in [0, 0.05) is 24.6 Å². The van der Waals surface area contributed by atoms with Crippen LogP contribution in [0.2, 0.25) is 0 Å². The standard InChI is InChI=1S/C10H13N5/c1-7-5-9(6-11)14-10(13-7)15-4-3-12-8(15)2/h3-5H,6,11H2,1-2H3. The first kappa shape index (κ1) is 9.79. The molecule has 0 saturated heterocycles. The maximum atomic E-state index is 5.56. The van der Waals surface area contributed by atoms with E-state index in [1.54, 1.807) is 6.20 Å². The molecule has 2 aromatic heterocycles. The number of hydrogen-bond acceptors (Lipinski definition) is 4. The number of imidazole rings is 1. The van der Waals surface area contributed by atoms with Gasteiger partial charge in [-0.2, -0.15) is 0 Å². The fourth-order valence-corrected chi connectivity index (χ4v) is 1.42. The van der Waals surface area contributed by atoms with Crippen molar-refractivity contribution in [2.75, 3.05) is 0 Å². The third kappa shape index (κ3) is 1.87. The number of nitrogens with two attached hydrogens (primary N) is 1. The molecule has 0 spiro atoms. The molecular weight excluding hydrogens is 190 g/mol. The van der Waals surface area contributed by atoms with Crippen LogP contribution in [0.4, 0.5) is 0 Å². The Morgan fingerprint density at radius 3 is 2.73 bits per heavy atom. The van der Waals surface area contributed by atoms with E-state index in [0.29, 0.717) is 12.5 Å². The molecule has 2 aromatic rings. The van der Waals surface area contributed by atoms with Crippen molar-refractivity contribution in [3.63, 3.8) is 0 Å². The van der Waals surface area contributed by atoms with Crippen LogP contribution in [-0.4, -0.2) is 19.5 Å². The highest BCUT2D eigenvalue weighted by molar-refractivity contribution is 5.20. The van der Waals surface area contributed by atoms with Crippen molar-refractivity contribution in [1.29, 1.82) is 0 Å². The smallest absolute Gasteiger partial charge is 0.235 e. The third-order valence-corrected chi connectivity index (χ3v) is 2.15. The lowest BCUT2D eigenvalue weighted by molar-refractivity contribution is 0.838. The predicted octanol–water partition coefficient (Wildman–Crippen LogP) is 0.738. The molecule has 0 bridgehead atoms. The van der Waals surface area contributed by atoms with Gasteiger partial charge < -0.3 is 5.73 Å². The molecule has 2 N–H and O–H groups in total. The topological polar surface area (TPSA) is 69.6 Å². The summed E-state index contributed by atoms with van der Waals surface area (Å²) >= 11 is 0. The van der Waals surface area contributed by atoms with Crippen molar-refractivity contribution < 1.29 is 0 Å². The zero-order chi connectivity index (χ0) is 10.8. The van der Waals surface area contributed by atoms with Crippen molar-refractivity contribution in [1.82, 2.24) is 19.5 Å². The lowest BCUT2D eigenvalue weighted by Gasteiger charge is -2.05. The second-order valence-electron chi connectivity index (χ2n) is 3.35. The van der Waals surface area contributed by atoms with Gasteiger partial charge in [-0.1, -0.05) is 0 Å². The van der Waals surface area contributed by atoms with E-state index in [4.69, 9.17) is 5.73 Å². The minimum atomic E-state index is 0.421. The highest BCUT2D eigenvalue weighted by atomic mass is 15.2. The van der Waals surface area contributed by atoms with Gasteiger partial charge in [-0.3, -0.25) is 4.57 Å². The largest absolute Gasteiger partial charge is 0.325 e. The summed E-state index contributed by atoms with van der Waals surface area (Å²) in [6, 6.07) is 1.88. The van der Waals surface area contributed by atoms with Crippen LogP contribution in [0.3, 0.4) is 0 Å². The van der Waals surface area contributed by atoms with Crippen molar-refractivity contribution in [2.24, 2.45) is 5.73 Å². The van der Waals surface area contributed by atoms with E-state index < -0.39 is 0 Å². The van der Waals surface area contributed by atoms with Crippen LogP contribution >= 0.6 is 0 Å². The number of aromatic nitrogens is 4. The molecule has 0 radical (unpaired) electrons. The zero-order valence-corrected chi connectivity index (χ0v) is 8.81. The SMILES string of the molecule is Cc1cc(CN)nc(-n2ccnc2C)n1. The Balaban J connectivity index is 2.53. The van der Waals surface area contributed by atoms with Crippen LogP contribution in [0.25, 0.3) is 5.95 Å². The van der Waals surface area contributed by atoms with Gasteiger partial charge in [-0.15, -0.1) is 0 Å². The quantitative estimate of drug-likeness (QED) is 0.781. The van der Waals surface area contributed by atoms with Gasteiger partial charge >= 0.3 is 0 Å². The lowest BCUT2D eigenvalue weighted by Crippen LogP contribution is -2.08. The second-order valence-corrected chi connectivity index (χ2v) is 3.35. The highest BCUT2D eigenvalue weighted by Crippen LogP contribution is 2.07. The molecular formula is C10H13N5. The van der Waals surface area contributed by atoms with Crippen LogP contribution in [-0.2, 0) is 6.54 Å². The van der Waals surface area contributed by atoms with Crippen molar-refractivity contribution in [3.05, 3.63) is 35.7 Å². The minimum Gasteiger partial charge on any atom is -0.325 e. The molecule has 0 fully saturated rings. The Morgan fingerprint density at radius 1 is 1.33 bits per heavy atom. The minimum absolute atomic E-state index is 0.421. The average molecular weight is 203 g/mol. The van der Waals surface area contributed by atoms with Gasteiger partial charge in [0.2, 0.25) is 5.95 Å². The normalized spacial score (nSPS) is 10.6. The van der Waals surface area contributed by atoms with E-state index in [9.17, 15) is 0 Å². The summed E-state index contributed by atoms with van der Waals surface area (Å²) in [5.41, 5.74) is 7.31. The fourth-order valence-electron chi connectivity index (χ4n) is 1.42. The van der Waals surface area contributed by atoms with E-state index >= 15 is 0 Å². The predicted molar refractivity (Wildman–Crippen MR) is 56.5 cm³/mol. The lowest BCUT2D eigenvalue weighted by atomic mass is 10.3. The van der Waals surface area contributed by atoms with E-state index in [1.807, 2.05) is 30.7 Å². The summed E-state index contributed by atoms with van der Waals surface area (Å²) in [5, 5.41) is 0. The van der Waals surface area contributed by atoms with Gasteiger partial charge in [0.1, 0.15) is 5.82 Å². The Morgan fingerprint density at radius 2 is 2.13 bits per heavy atom. The Labute approximate surface area is 88.0 Å². The van der Waals surface area contributed by atoms with Gasteiger partial charge in [-0.25, -0.2) is 15.0 Å². The third-order valence-electron chi connectivity index (χ3n) is 2.15. The molecule has 0 unspecified atom stereocenters. The maximum Gasteiger partial charge on any atom is 0.235 e. The zero-order valence-electron chi connectivity index (χ0n) is 8.81. The van der Waals surface area contributed by atoms with Gasteiger partial charge in [-0.05, 0) is 19.9 Å². The maximum absolute atomic E-state index is 5.56. The van der Waals surface area contributed by atoms with E-state index in [0.717, 1.165) is 17.2 Å². The number of nitrogens with zero attached hydrogens (tertiary/aromatic N) is 4. The van der Waals surface area contributed by atoms with Gasteiger partial charge in [0.15, 0.2) is 0 Å². The molecule has 15 heavy (non-hydrogen) atoms. The van der Waals surface area contributed by atoms with Crippen molar-refractivity contribution in [3.8, 4) is 5.95 Å².